The quantitative estimate of drug-likeness (QED) is 0.714. The zero-order chi connectivity index (χ0) is 18.7. The van der Waals surface area contributed by atoms with Gasteiger partial charge in [0, 0.05) is 25.4 Å². The van der Waals surface area contributed by atoms with Gasteiger partial charge in [0.2, 0.25) is 17.7 Å². The number of carbonyl (C=O) groups excluding carboxylic acids is 4. The number of nitrogens with zero attached hydrogens (tertiary/aromatic N) is 1. The summed E-state index contributed by atoms with van der Waals surface area (Å²) < 4.78 is 0. The molecule has 2 heterocycles. The van der Waals surface area contributed by atoms with Gasteiger partial charge in [-0.3, -0.25) is 19.2 Å². The lowest BCUT2D eigenvalue weighted by molar-refractivity contribution is -0.135. The molecule has 138 valence electrons. The first-order valence-corrected chi connectivity index (χ1v) is 8.73. The molecule has 8 nitrogen and oxygen atoms in total. The number of primary amides is 1. The van der Waals surface area contributed by atoms with Gasteiger partial charge in [0.05, 0.1) is 11.3 Å². The van der Waals surface area contributed by atoms with Crippen molar-refractivity contribution in [2.24, 2.45) is 11.7 Å². The lowest BCUT2D eigenvalue weighted by atomic mass is 9.96. The van der Waals surface area contributed by atoms with Crippen molar-refractivity contribution in [2.45, 2.75) is 31.7 Å². The molecule has 2 aliphatic rings. The van der Waals surface area contributed by atoms with Crippen LogP contribution in [-0.2, 0) is 14.4 Å². The third kappa shape index (κ3) is 3.84. The molecule has 2 aliphatic heterocycles. The first-order valence-electron chi connectivity index (χ1n) is 8.73. The first kappa shape index (κ1) is 17.9. The van der Waals surface area contributed by atoms with Crippen LogP contribution in [0, 0.1) is 5.92 Å². The van der Waals surface area contributed by atoms with Crippen LogP contribution in [0.1, 0.15) is 36.0 Å². The summed E-state index contributed by atoms with van der Waals surface area (Å²) in [6.07, 6.45) is 1.50. The van der Waals surface area contributed by atoms with Crippen LogP contribution in [-0.4, -0.2) is 47.7 Å². The minimum Gasteiger partial charge on any atom is -0.369 e. The standard InChI is InChI=1S/C18H22N4O4/c19-16(24)11-7-9-22(10-8-11)15(23)6-5-14-18(26)20-13-4-2-1-3-12(13)17(25)21-14/h1-4,11,14H,5-10H2,(H2,19,24)(H,20,26)(H,21,25). The summed E-state index contributed by atoms with van der Waals surface area (Å²) in [7, 11) is 0. The predicted molar refractivity (Wildman–Crippen MR) is 94.1 cm³/mol. The van der Waals surface area contributed by atoms with Gasteiger partial charge in [-0.2, -0.15) is 0 Å². The summed E-state index contributed by atoms with van der Waals surface area (Å²) >= 11 is 0. The van der Waals surface area contributed by atoms with E-state index in [1.807, 2.05) is 0 Å². The van der Waals surface area contributed by atoms with Crippen molar-refractivity contribution in [3.8, 4) is 0 Å². The number of nitrogens with one attached hydrogen (secondary N) is 2. The van der Waals surface area contributed by atoms with Gasteiger partial charge in [0.15, 0.2) is 0 Å². The second kappa shape index (κ2) is 7.55. The van der Waals surface area contributed by atoms with E-state index in [4.69, 9.17) is 5.73 Å². The number of benzene rings is 1. The zero-order valence-electron chi connectivity index (χ0n) is 14.4. The number of hydrogen-bond donors (Lipinski definition) is 3. The molecular formula is C18H22N4O4. The number of anilines is 1. The molecule has 1 saturated heterocycles. The van der Waals surface area contributed by atoms with Crippen molar-refractivity contribution >= 4 is 29.3 Å². The Bertz CT molecular complexity index is 740. The number of hydrogen-bond acceptors (Lipinski definition) is 4. The van der Waals surface area contributed by atoms with Crippen molar-refractivity contribution in [3.63, 3.8) is 0 Å². The number of para-hydroxylation sites is 1. The molecule has 4 amide bonds. The average molecular weight is 358 g/mol. The highest BCUT2D eigenvalue weighted by Gasteiger charge is 2.30. The largest absolute Gasteiger partial charge is 0.369 e. The monoisotopic (exact) mass is 358 g/mol. The summed E-state index contributed by atoms with van der Waals surface area (Å²) in [5.41, 5.74) is 6.17. The summed E-state index contributed by atoms with van der Waals surface area (Å²) in [6, 6.07) is 6.02. The molecule has 0 aromatic heterocycles. The smallest absolute Gasteiger partial charge is 0.254 e. The number of carbonyl (C=O) groups is 4. The first-order chi connectivity index (χ1) is 12.5. The molecule has 1 aromatic carbocycles. The molecule has 0 spiro atoms. The fourth-order valence-corrected chi connectivity index (χ4v) is 3.35. The lowest BCUT2D eigenvalue weighted by Crippen LogP contribution is -2.44. The molecule has 3 rings (SSSR count). The highest BCUT2D eigenvalue weighted by atomic mass is 16.2. The molecule has 26 heavy (non-hydrogen) atoms. The second-order valence-corrected chi connectivity index (χ2v) is 6.66. The molecule has 0 aliphatic carbocycles. The fraction of sp³-hybridized carbons (Fsp3) is 0.444. The SMILES string of the molecule is NC(=O)C1CCN(C(=O)CCC2NC(=O)c3ccccc3NC2=O)CC1. The Hall–Kier alpha value is -2.90. The molecule has 4 N–H and O–H groups in total. The highest BCUT2D eigenvalue weighted by molar-refractivity contribution is 6.09. The Morgan fingerprint density at radius 2 is 1.85 bits per heavy atom. The van der Waals surface area contributed by atoms with Crippen LogP contribution in [0.25, 0.3) is 0 Å². The van der Waals surface area contributed by atoms with Crippen LogP contribution in [0.2, 0.25) is 0 Å². The number of piperidine rings is 1. The molecule has 0 bridgehead atoms. The average Bonchev–Trinajstić information content (AvgIpc) is 2.76. The maximum Gasteiger partial charge on any atom is 0.254 e. The summed E-state index contributed by atoms with van der Waals surface area (Å²) in [4.78, 5) is 49.8. The second-order valence-electron chi connectivity index (χ2n) is 6.66. The van der Waals surface area contributed by atoms with Crippen molar-refractivity contribution in [1.29, 1.82) is 0 Å². The van der Waals surface area contributed by atoms with Crippen molar-refractivity contribution in [3.05, 3.63) is 29.8 Å². The summed E-state index contributed by atoms with van der Waals surface area (Å²) in [6.45, 7) is 0.974. The number of nitrogens with two attached hydrogens (primary N) is 1. The van der Waals surface area contributed by atoms with Crippen molar-refractivity contribution < 1.29 is 19.2 Å². The van der Waals surface area contributed by atoms with Crippen LogP contribution in [0.3, 0.4) is 0 Å². The minimum absolute atomic E-state index is 0.0864. The summed E-state index contributed by atoms with van der Waals surface area (Å²) in [5.74, 6) is -1.25. The Morgan fingerprint density at radius 3 is 2.54 bits per heavy atom. The highest BCUT2D eigenvalue weighted by Crippen LogP contribution is 2.21. The Morgan fingerprint density at radius 1 is 1.15 bits per heavy atom. The number of fused-ring (bicyclic) bond motifs is 1. The van der Waals surface area contributed by atoms with Crippen molar-refractivity contribution in [2.75, 3.05) is 18.4 Å². The van der Waals surface area contributed by atoms with E-state index in [1.54, 1.807) is 29.2 Å². The predicted octanol–water partition coefficient (Wildman–Crippen LogP) is 0.241. The van der Waals surface area contributed by atoms with Gasteiger partial charge in [-0.1, -0.05) is 12.1 Å². The van der Waals surface area contributed by atoms with Gasteiger partial charge >= 0.3 is 0 Å². The van der Waals surface area contributed by atoms with Crippen molar-refractivity contribution in [1.82, 2.24) is 10.2 Å². The van der Waals surface area contributed by atoms with E-state index < -0.39 is 6.04 Å². The topological polar surface area (TPSA) is 122 Å². The maximum atomic E-state index is 12.4. The molecule has 1 atom stereocenters. The van der Waals surface area contributed by atoms with E-state index in [1.165, 1.54) is 0 Å². The molecule has 0 radical (unpaired) electrons. The molecule has 0 saturated carbocycles. The number of rotatable bonds is 4. The van der Waals surface area contributed by atoms with Crippen LogP contribution in [0.15, 0.2) is 24.3 Å². The van der Waals surface area contributed by atoms with Gasteiger partial charge in [-0.15, -0.1) is 0 Å². The van der Waals surface area contributed by atoms with Gasteiger partial charge in [-0.25, -0.2) is 0 Å². The molecule has 8 heteroatoms. The number of amides is 4. The normalized spacial score (nSPS) is 20.6. The van der Waals surface area contributed by atoms with E-state index in [-0.39, 0.29) is 42.4 Å². The van der Waals surface area contributed by atoms with Crippen LogP contribution in [0.4, 0.5) is 5.69 Å². The van der Waals surface area contributed by atoms with E-state index in [2.05, 4.69) is 10.6 Å². The van der Waals surface area contributed by atoms with Gasteiger partial charge in [-0.05, 0) is 31.4 Å². The van der Waals surface area contributed by atoms with E-state index in [9.17, 15) is 19.2 Å². The molecule has 1 fully saturated rings. The van der Waals surface area contributed by atoms with E-state index in [0.717, 1.165) is 0 Å². The summed E-state index contributed by atoms with van der Waals surface area (Å²) in [5, 5.41) is 5.41. The number of likely N-dealkylation sites (tertiary alicyclic amines) is 1. The van der Waals surface area contributed by atoms with Gasteiger partial charge in [0.25, 0.3) is 5.91 Å². The van der Waals surface area contributed by atoms with Crippen LogP contribution in [0.5, 0.6) is 0 Å². The maximum absolute atomic E-state index is 12.4. The molecular weight excluding hydrogens is 336 g/mol. The lowest BCUT2D eigenvalue weighted by Gasteiger charge is -2.31. The molecule has 1 unspecified atom stereocenters. The van der Waals surface area contributed by atoms with Crippen LogP contribution >= 0.6 is 0 Å². The van der Waals surface area contributed by atoms with Gasteiger partial charge in [0.1, 0.15) is 6.04 Å². The zero-order valence-corrected chi connectivity index (χ0v) is 14.4. The fourth-order valence-electron chi connectivity index (χ4n) is 3.35. The Labute approximate surface area is 151 Å². The third-order valence-corrected chi connectivity index (χ3v) is 4.95. The molecule has 1 aromatic rings. The Kier molecular flexibility index (Phi) is 5.20. The van der Waals surface area contributed by atoms with E-state index >= 15 is 0 Å². The Balaban J connectivity index is 1.55. The van der Waals surface area contributed by atoms with E-state index in [0.29, 0.717) is 37.2 Å². The third-order valence-electron chi connectivity index (χ3n) is 4.95. The minimum atomic E-state index is -0.762. The van der Waals surface area contributed by atoms with Crippen LogP contribution < -0.4 is 16.4 Å². The van der Waals surface area contributed by atoms with Gasteiger partial charge < -0.3 is 21.3 Å².